The van der Waals surface area contributed by atoms with Crippen LogP contribution in [0.3, 0.4) is 0 Å². The first kappa shape index (κ1) is 14.5. The molecule has 0 spiro atoms. The summed E-state index contributed by atoms with van der Waals surface area (Å²) < 4.78 is 0. The fraction of sp³-hybridized carbons (Fsp3) is 0.462. The van der Waals surface area contributed by atoms with E-state index in [1.54, 1.807) is 13.0 Å². The monoisotopic (exact) mass is 295 g/mol. The van der Waals surface area contributed by atoms with Gasteiger partial charge in [-0.25, -0.2) is 0 Å². The molecule has 0 bridgehead atoms. The standard InChI is InChI=1S/C13H17N3O3S/c1-8-3-4-10(20-8)13(19)15-7-11(17)16-6-5-14-12(18)9(16)2/h3-4,9H,5-7H2,1-2H3,(H,14,18)(H,15,19). The zero-order chi connectivity index (χ0) is 14.7. The van der Waals surface area contributed by atoms with Gasteiger partial charge in [0.25, 0.3) is 5.91 Å². The van der Waals surface area contributed by atoms with Crippen molar-refractivity contribution < 1.29 is 14.4 Å². The molecule has 0 aromatic carbocycles. The molecule has 1 aliphatic rings. The maximum Gasteiger partial charge on any atom is 0.261 e. The maximum absolute atomic E-state index is 12.0. The lowest BCUT2D eigenvalue weighted by Gasteiger charge is -2.32. The summed E-state index contributed by atoms with van der Waals surface area (Å²) in [5, 5.41) is 5.28. The van der Waals surface area contributed by atoms with E-state index in [4.69, 9.17) is 0 Å². The van der Waals surface area contributed by atoms with Gasteiger partial charge in [0, 0.05) is 18.0 Å². The van der Waals surface area contributed by atoms with Gasteiger partial charge >= 0.3 is 0 Å². The molecule has 7 heteroatoms. The van der Waals surface area contributed by atoms with Crippen molar-refractivity contribution in [3.63, 3.8) is 0 Å². The number of hydrogen-bond donors (Lipinski definition) is 2. The van der Waals surface area contributed by atoms with Crippen LogP contribution in [0.25, 0.3) is 0 Å². The van der Waals surface area contributed by atoms with E-state index in [1.807, 2.05) is 13.0 Å². The average molecular weight is 295 g/mol. The number of aryl methyl sites for hydroxylation is 1. The van der Waals surface area contributed by atoms with E-state index in [0.29, 0.717) is 18.0 Å². The Kier molecular flexibility index (Phi) is 4.39. The van der Waals surface area contributed by atoms with Crippen molar-refractivity contribution >= 4 is 29.1 Å². The molecular weight excluding hydrogens is 278 g/mol. The Morgan fingerprint density at radius 3 is 2.90 bits per heavy atom. The number of thiophene rings is 1. The molecule has 0 aliphatic carbocycles. The Labute approximate surface area is 121 Å². The lowest BCUT2D eigenvalue weighted by Crippen LogP contribution is -2.57. The summed E-state index contributed by atoms with van der Waals surface area (Å²) in [6, 6.07) is 3.10. The Bertz CT molecular complexity index is 541. The number of hydrogen-bond acceptors (Lipinski definition) is 4. The highest BCUT2D eigenvalue weighted by atomic mass is 32.1. The summed E-state index contributed by atoms with van der Waals surface area (Å²) in [6.45, 7) is 4.43. The molecule has 1 saturated heterocycles. The molecule has 6 nitrogen and oxygen atoms in total. The van der Waals surface area contributed by atoms with Gasteiger partial charge in [0.05, 0.1) is 11.4 Å². The third-order valence-corrected chi connectivity index (χ3v) is 4.18. The number of rotatable bonds is 3. The number of carbonyl (C=O) groups is 3. The van der Waals surface area contributed by atoms with Crippen LogP contribution in [0.5, 0.6) is 0 Å². The van der Waals surface area contributed by atoms with Gasteiger partial charge in [-0.05, 0) is 26.0 Å². The zero-order valence-electron chi connectivity index (χ0n) is 11.4. The van der Waals surface area contributed by atoms with Crippen LogP contribution in [0.2, 0.25) is 0 Å². The third kappa shape index (κ3) is 3.16. The van der Waals surface area contributed by atoms with Gasteiger partial charge in [0.1, 0.15) is 6.04 Å². The second-order valence-electron chi connectivity index (χ2n) is 4.65. The second kappa shape index (κ2) is 6.04. The quantitative estimate of drug-likeness (QED) is 0.832. The molecular formula is C13H17N3O3S. The van der Waals surface area contributed by atoms with Gasteiger partial charge < -0.3 is 15.5 Å². The average Bonchev–Trinajstić information content (AvgIpc) is 2.85. The molecule has 1 unspecified atom stereocenters. The van der Waals surface area contributed by atoms with Crippen LogP contribution in [0.4, 0.5) is 0 Å². The lowest BCUT2D eigenvalue weighted by molar-refractivity contribution is -0.141. The van der Waals surface area contributed by atoms with Gasteiger partial charge in [-0.2, -0.15) is 0 Å². The fourth-order valence-electron chi connectivity index (χ4n) is 2.02. The van der Waals surface area contributed by atoms with Crippen LogP contribution in [0, 0.1) is 6.92 Å². The minimum atomic E-state index is -0.489. The van der Waals surface area contributed by atoms with E-state index in [2.05, 4.69) is 10.6 Å². The maximum atomic E-state index is 12.0. The number of nitrogens with one attached hydrogen (secondary N) is 2. The van der Waals surface area contributed by atoms with Crippen LogP contribution in [0.1, 0.15) is 21.5 Å². The molecule has 20 heavy (non-hydrogen) atoms. The van der Waals surface area contributed by atoms with E-state index in [0.717, 1.165) is 4.88 Å². The molecule has 2 N–H and O–H groups in total. The Hall–Kier alpha value is -1.89. The molecule has 3 amide bonds. The fourth-order valence-corrected chi connectivity index (χ4v) is 2.81. The number of carbonyl (C=O) groups excluding carboxylic acids is 3. The van der Waals surface area contributed by atoms with Crippen LogP contribution >= 0.6 is 11.3 Å². The molecule has 2 rings (SSSR count). The third-order valence-electron chi connectivity index (χ3n) is 3.18. The summed E-state index contributed by atoms with van der Waals surface area (Å²) in [7, 11) is 0. The molecule has 1 aromatic heterocycles. The van der Waals surface area contributed by atoms with Crippen molar-refractivity contribution in [3.8, 4) is 0 Å². The van der Waals surface area contributed by atoms with Crippen molar-refractivity contribution in [2.24, 2.45) is 0 Å². The highest BCUT2D eigenvalue weighted by molar-refractivity contribution is 7.13. The van der Waals surface area contributed by atoms with E-state index < -0.39 is 6.04 Å². The summed E-state index contributed by atoms with van der Waals surface area (Å²) in [5.41, 5.74) is 0. The van der Waals surface area contributed by atoms with E-state index >= 15 is 0 Å². The highest BCUT2D eigenvalue weighted by Gasteiger charge is 2.29. The molecule has 1 aromatic rings. The summed E-state index contributed by atoms with van der Waals surface area (Å²) in [6.07, 6.45) is 0. The number of piperazine rings is 1. The van der Waals surface area contributed by atoms with Crippen molar-refractivity contribution in [1.29, 1.82) is 0 Å². The molecule has 1 atom stereocenters. The molecule has 1 aliphatic heterocycles. The molecule has 2 heterocycles. The van der Waals surface area contributed by atoms with Crippen LogP contribution in [-0.4, -0.2) is 48.3 Å². The van der Waals surface area contributed by atoms with Crippen molar-refractivity contribution in [2.45, 2.75) is 19.9 Å². The highest BCUT2D eigenvalue weighted by Crippen LogP contribution is 2.14. The molecule has 0 saturated carbocycles. The van der Waals surface area contributed by atoms with Gasteiger partial charge in [0.2, 0.25) is 11.8 Å². The second-order valence-corrected chi connectivity index (χ2v) is 5.94. The predicted molar refractivity (Wildman–Crippen MR) is 75.6 cm³/mol. The Morgan fingerprint density at radius 1 is 1.50 bits per heavy atom. The van der Waals surface area contributed by atoms with Crippen molar-refractivity contribution in [3.05, 3.63) is 21.9 Å². The first-order valence-electron chi connectivity index (χ1n) is 6.41. The zero-order valence-corrected chi connectivity index (χ0v) is 12.3. The van der Waals surface area contributed by atoms with Gasteiger partial charge in [-0.3, -0.25) is 14.4 Å². The van der Waals surface area contributed by atoms with E-state index in [9.17, 15) is 14.4 Å². The van der Waals surface area contributed by atoms with Crippen LogP contribution in [-0.2, 0) is 9.59 Å². The number of nitrogens with zero attached hydrogens (tertiary/aromatic N) is 1. The predicted octanol–water partition coefficient (Wildman–Crippen LogP) is 0.133. The van der Waals surface area contributed by atoms with Gasteiger partial charge in [0.15, 0.2) is 0 Å². The van der Waals surface area contributed by atoms with Gasteiger partial charge in [-0.1, -0.05) is 0 Å². The Morgan fingerprint density at radius 2 is 2.25 bits per heavy atom. The van der Waals surface area contributed by atoms with E-state index in [-0.39, 0.29) is 24.3 Å². The minimum Gasteiger partial charge on any atom is -0.353 e. The molecule has 108 valence electrons. The summed E-state index contributed by atoms with van der Waals surface area (Å²) in [4.78, 5) is 38.5. The van der Waals surface area contributed by atoms with Gasteiger partial charge in [-0.15, -0.1) is 11.3 Å². The largest absolute Gasteiger partial charge is 0.353 e. The Balaban J connectivity index is 1.88. The molecule has 0 radical (unpaired) electrons. The van der Waals surface area contributed by atoms with Crippen LogP contribution < -0.4 is 10.6 Å². The smallest absolute Gasteiger partial charge is 0.261 e. The normalized spacial score (nSPS) is 18.6. The molecule has 1 fully saturated rings. The lowest BCUT2D eigenvalue weighted by atomic mass is 10.2. The minimum absolute atomic E-state index is 0.0899. The number of amides is 3. The topological polar surface area (TPSA) is 78.5 Å². The van der Waals surface area contributed by atoms with E-state index in [1.165, 1.54) is 16.2 Å². The van der Waals surface area contributed by atoms with Crippen LogP contribution in [0.15, 0.2) is 12.1 Å². The first-order chi connectivity index (χ1) is 9.49. The SMILES string of the molecule is Cc1ccc(C(=O)NCC(=O)N2CCNC(=O)C2C)s1. The first-order valence-corrected chi connectivity index (χ1v) is 7.22. The summed E-state index contributed by atoms with van der Waals surface area (Å²) in [5.74, 6) is -0.663. The van der Waals surface area contributed by atoms with Crippen molar-refractivity contribution in [2.75, 3.05) is 19.6 Å². The van der Waals surface area contributed by atoms with Crippen molar-refractivity contribution in [1.82, 2.24) is 15.5 Å². The summed E-state index contributed by atoms with van der Waals surface area (Å²) >= 11 is 1.38.